The fourth-order valence-electron chi connectivity index (χ4n) is 1.20. The van der Waals surface area contributed by atoms with E-state index in [9.17, 15) is 9.59 Å². The zero-order chi connectivity index (χ0) is 13.4. The van der Waals surface area contributed by atoms with Gasteiger partial charge in [-0.2, -0.15) is 11.8 Å². The van der Waals surface area contributed by atoms with Gasteiger partial charge in [0.1, 0.15) is 6.04 Å². The molecule has 0 aromatic carbocycles. The summed E-state index contributed by atoms with van der Waals surface area (Å²) in [4.78, 5) is 22.4. The lowest BCUT2D eigenvalue weighted by atomic mass is 10.2. The first kappa shape index (κ1) is 14.4. The molecule has 0 aliphatic carbocycles. The monoisotopic (exact) mass is 273 g/mol. The zero-order valence-electron chi connectivity index (χ0n) is 9.88. The van der Waals surface area contributed by atoms with Crippen LogP contribution in [0, 0.1) is 0 Å². The number of carboxylic acids is 1. The molecule has 7 nitrogen and oxygen atoms in total. The third kappa shape index (κ3) is 5.09. The van der Waals surface area contributed by atoms with Crippen molar-refractivity contribution >= 4 is 23.8 Å². The van der Waals surface area contributed by atoms with E-state index in [1.165, 1.54) is 18.0 Å². The van der Waals surface area contributed by atoms with Crippen molar-refractivity contribution in [1.29, 1.82) is 0 Å². The first-order chi connectivity index (χ1) is 8.63. The molecule has 100 valence electrons. The molecule has 0 unspecified atom stereocenters. The summed E-state index contributed by atoms with van der Waals surface area (Å²) < 4.78 is 4.79. The van der Waals surface area contributed by atoms with Crippen molar-refractivity contribution in [2.45, 2.75) is 19.0 Å². The second kappa shape index (κ2) is 7.59. The van der Waals surface area contributed by atoms with Gasteiger partial charge in [-0.25, -0.2) is 9.59 Å². The van der Waals surface area contributed by atoms with Crippen LogP contribution in [-0.4, -0.2) is 40.3 Å². The molecule has 0 aliphatic heterocycles. The molecule has 8 heteroatoms. The first-order valence-electron chi connectivity index (χ1n) is 5.29. The van der Waals surface area contributed by atoms with Gasteiger partial charge in [0, 0.05) is 6.07 Å². The van der Waals surface area contributed by atoms with Crippen molar-refractivity contribution in [3.05, 3.63) is 18.0 Å². The lowest BCUT2D eigenvalue weighted by Gasteiger charge is -2.14. The van der Waals surface area contributed by atoms with Gasteiger partial charge >= 0.3 is 12.0 Å². The van der Waals surface area contributed by atoms with E-state index in [4.69, 9.17) is 9.63 Å². The van der Waals surface area contributed by atoms with Crippen LogP contribution in [0.4, 0.5) is 4.79 Å². The number of thioether (sulfide) groups is 1. The summed E-state index contributed by atoms with van der Waals surface area (Å²) in [5.74, 6) is 0.124. The number of carbonyl (C=O) groups excluding carboxylic acids is 1. The SMILES string of the molecule is CSCC[C@H](NC(=O)NCc1ccno1)C(=O)O. The summed E-state index contributed by atoms with van der Waals surface area (Å²) in [7, 11) is 0. The van der Waals surface area contributed by atoms with E-state index < -0.39 is 18.0 Å². The van der Waals surface area contributed by atoms with Crippen LogP contribution in [0.1, 0.15) is 12.2 Å². The van der Waals surface area contributed by atoms with Crippen LogP contribution in [0.15, 0.2) is 16.8 Å². The summed E-state index contributed by atoms with van der Waals surface area (Å²) in [6.45, 7) is 0.167. The summed E-state index contributed by atoms with van der Waals surface area (Å²) in [6.07, 6.45) is 3.72. The molecule has 1 atom stereocenters. The largest absolute Gasteiger partial charge is 0.480 e. The summed E-state index contributed by atoms with van der Waals surface area (Å²) >= 11 is 1.53. The van der Waals surface area contributed by atoms with Gasteiger partial charge in [-0.3, -0.25) is 0 Å². The second-order valence-electron chi connectivity index (χ2n) is 3.48. The van der Waals surface area contributed by atoms with E-state index >= 15 is 0 Å². The van der Waals surface area contributed by atoms with Crippen molar-refractivity contribution in [2.24, 2.45) is 0 Å². The van der Waals surface area contributed by atoms with E-state index in [2.05, 4.69) is 15.8 Å². The Morgan fingerprint density at radius 2 is 2.39 bits per heavy atom. The number of hydrogen-bond acceptors (Lipinski definition) is 5. The smallest absolute Gasteiger partial charge is 0.326 e. The van der Waals surface area contributed by atoms with Gasteiger partial charge in [0.05, 0.1) is 12.7 Å². The highest BCUT2D eigenvalue weighted by atomic mass is 32.2. The Hall–Kier alpha value is -1.70. The lowest BCUT2D eigenvalue weighted by molar-refractivity contribution is -0.139. The van der Waals surface area contributed by atoms with Crippen LogP contribution >= 0.6 is 11.8 Å². The number of nitrogens with one attached hydrogen (secondary N) is 2. The average molecular weight is 273 g/mol. The summed E-state index contributed by atoms with van der Waals surface area (Å²) in [6, 6.07) is 0.190. The number of aromatic nitrogens is 1. The van der Waals surface area contributed by atoms with Gasteiger partial charge in [0.25, 0.3) is 0 Å². The molecule has 1 rings (SSSR count). The van der Waals surface area contributed by atoms with Crippen LogP contribution in [0.25, 0.3) is 0 Å². The molecule has 2 amide bonds. The maximum Gasteiger partial charge on any atom is 0.326 e. The number of carbonyl (C=O) groups is 2. The van der Waals surface area contributed by atoms with Crippen LogP contribution in [0.2, 0.25) is 0 Å². The second-order valence-corrected chi connectivity index (χ2v) is 4.46. The van der Waals surface area contributed by atoms with Crippen molar-refractivity contribution in [1.82, 2.24) is 15.8 Å². The molecule has 0 saturated carbocycles. The Kier molecular flexibility index (Phi) is 6.06. The molecule has 0 spiro atoms. The third-order valence-electron chi connectivity index (χ3n) is 2.13. The van der Waals surface area contributed by atoms with E-state index in [0.717, 1.165) is 0 Å². The van der Waals surface area contributed by atoms with E-state index in [0.29, 0.717) is 17.9 Å². The molecule has 0 fully saturated rings. The molecular formula is C10H15N3O4S. The van der Waals surface area contributed by atoms with Crippen LogP contribution in [0.5, 0.6) is 0 Å². The van der Waals surface area contributed by atoms with E-state index in [1.54, 1.807) is 6.07 Å². The molecule has 0 radical (unpaired) electrons. The highest BCUT2D eigenvalue weighted by Crippen LogP contribution is 2.01. The van der Waals surface area contributed by atoms with E-state index in [-0.39, 0.29) is 6.54 Å². The van der Waals surface area contributed by atoms with Gasteiger partial charge in [-0.05, 0) is 18.4 Å². The topological polar surface area (TPSA) is 104 Å². The van der Waals surface area contributed by atoms with Crippen LogP contribution < -0.4 is 10.6 Å². The minimum Gasteiger partial charge on any atom is -0.480 e. The van der Waals surface area contributed by atoms with Gasteiger partial charge in [0.2, 0.25) is 0 Å². The van der Waals surface area contributed by atoms with E-state index in [1.807, 2.05) is 6.26 Å². The number of nitrogens with zero attached hydrogens (tertiary/aromatic N) is 1. The Labute approximate surface area is 108 Å². The van der Waals surface area contributed by atoms with Crippen molar-refractivity contribution in [3.63, 3.8) is 0 Å². The van der Waals surface area contributed by atoms with Gasteiger partial charge in [0.15, 0.2) is 5.76 Å². The predicted molar refractivity (Wildman–Crippen MR) is 66.3 cm³/mol. The Balaban J connectivity index is 2.34. The highest BCUT2D eigenvalue weighted by Gasteiger charge is 2.19. The van der Waals surface area contributed by atoms with Crippen LogP contribution in [0.3, 0.4) is 0 Å². The number of amides is 2. The van der Waals surface area contributed by atoms with Gasteiger partial charge in [-0.1, -0.05) is 5.16 Å². The van der Waals surface area contributed by atoms with Gasteiger partial charge < -0.3 is 20.3 Å². The minimum atomic E-state index is -1.04. The van der Waals surface area contributed by atoms with Gasteiger partial charge in [-0.15, -0.1) is 0 Å². The number of carboxylic acid groups (broad SMARTS) is 1. The first-order valence-corrected chi connectivity index (χ1v) is 6.68. The quantitative estimate of drug-likeness (QED) is 0.675. The number of rotatable bonds is 7. The third-order valence-corrected chi connectivity index (χ3v) is 2.77. The number of urea groups is 1. The Bertz CT molecular complexity index is 382. The van der Waals surface area contributed by atoms with Crippen molar-refractivity contribution in [2.75, 3.05) is 12.0 Å². The molecule has 1 heterocycles. The average Bonchev–Trinajstić information content (AvgIpc) is 2.84. The maximum absolute atomic E-state index is 11.5. The Morgan fingerprint density at radius 1 is 1.61 bits per heavy atom. The molecule has 0 bridgehead atoms. The fraction of sp³-hybridized carbons (Fsp3) is 0.500. The number of aliphatic carboxylic acids is 1. The van der Waals surface area contributed by atoms with Crippen LogP contribution in [-0.2, 0) is 11.3 Å². The molecule has 0 aliphatic rings. The lowest BCUT2D eigenvalue weighted by Crippen LogP contribution is -2.46. The van der Waals surface area contributed by atoms with Crippen molar-refractivity contribution in [3.8, 4) is 0 Å². The predicted octanol–water partition coefficient (Wildman–Crippen LogP) is 0.680. The normalized spacial score (nSPS) is 11.8. The fourth-order valence-corrected chi connectivity index (χ4v) is 1.67. The molecule has 1 aromatic heterocycles. The molecule has 18 heavy (non-hydrogen) atoms. The zero-order valence-corrected chi connectivity index (χ0v) is 10.7. The summed E-state index contributed by atoms with van der Waals surface area (Å²) in [5, 5.41) is 17.3. The highest BCUT2D eigenvalue weighted by molar-refractivity contribution is 7.98. The molecular weight excluding hydrogens is 258 g/mol. The maximum atomic E-state index is 11.5. The molecule has 0 saturated heterocycles. The number of hydrogen-bond donors (Lipinski definition) is 3. The van der Waals surface area contributed by atoms with Crippen molar-refractivity contribution < 1.29 is 19.2 Å². The minimum absolute atomic E-state index is 0.167. The Morgan fingerprint density at radius 3 is 2.94 bits per heavy atom. The standard InChI is InChI=1S/C10H15N3O4S/c1-18-5-3-8(9(14)15)13-10(16)11-6-7-2-4-12-17-7/h2,4,8H,3,5-6H2,1H3,(H,14,15)(H2,11,13,16)/t8-/m0/s1. The summed E-state index contributed by atoms with van der Waals surface area (Å²) in [5.41, 5.74) is 0. The molecule has 1 aromatic rings. The molecule has 3 N–H and O–H groups in total.